The summed E-state index contributed by atoms with van der Waals surface area (Å²) in [5.41, 5.74) is 1.51. The number of rotatable bonds is 5. The Kier molecular flexibility index (Phi) is 5.28. The zero-order valence-corrected chi connectivity index (χ0v) is 17.4. The topological polar surface area (TPSA) is 105 Å². The summed E-state index contributed by atoms with van der Waals surface area (Å²) in [6.45, 7) is 0. The average Bonchev–Trinajstić information content (AvgIpc) is 3.17. The lowest BCUT2D eigenvalue weighted by molar-refractivity contribution is -0.132. The van der Waals surface area contributed by atoms with Gasteiger partial charge in [0.1, 0.15) is 22.8 Å². The van der Waals surface area contributed by atoms with Crippen molar-refractivity contribution >= 4 is 39.3 Å². The minimum Gasteiger partial charge on any atom is -0.495 e. The fraction of sp³-hybridized carbons (Fsp3) is 0.0952. The molecule has 1 aliphatic rings. The molecular formula is C21H17BrN4O4. The van der Waals surface area contributed by atoms with Gasteiger partial charge in [-0.25, -0.2) is 9.48 Å². The van der Waals surface area contributed by atoms with Gasteiger partial charge >= 0.3 is 5.97 Å². The van der Waals surface area contributed by atoms with Gasteiger partial charge in [-0.05, 0) is 35.9 Å². The standard InChI is InChI=1S/C21H17BrN4O4/c1-30-18-8-3-2-7-15(18)25-20(27)14-11-23-26-17(12-5-4-6-13(22)9-12)10-16(21(28)29)24-19(14)26/h2-11,17,24H,1H3,(H,25,27)(H,28,29)/t17-/m1/s1. The SMILES string of the molecule is COc1ccccc1NC(=O)c1cnn2c1NC(C(=O)O)=C[C@@H]2c1cccc(Br)c1. The first-order chi connectivity index (χ1) is 14.5. The molecule has 8 nitrogen and oxygen atoms in total. The second-order valence-corrected chi connectivity index (χ2v) is 7.43. The number of anilines is 2. The Balaban J connectivity index is 1.73. The second-order valence-electron chi connectivity index (χ2n) is 6.52. The van der Waals surface area contributed by atoms with Crippen molar-refractivity contribution in [3.05, 3.63) is 82.1 Å². The van der Waals surface area contributed by atoms with E-state index < -0.39 is 17.9 Å². The smallest absolute Gasteiger partial charge is 0.352 e. The number of hydrogen-bond acceptors (Lipinski definition) is 5. The summed E-state index contributed by atoms with van der Waals surface area (Å²) in [5.74, 6) is -0.753. The molecule has 3 N–H and O–H groups in total. The van der Waals surface area contributed by atoms with E-state index in [2.05, 4.69) is 31.7 Å². The number of ether oxygens (including phenoxy) is 1. The van der Waals surface area contributed by atoms with Gasteiger partial charge in [0.05, 0.1) is 25.0 Å². The van der Waals surface area contributed by atoms with Crippen LogP contribution in [0.1, 0.15) is 22.0 Å². The molecule has 2 aromatic carbocycles. The quantitative estimate of drug-likeness (QED) is 0.524. The van der Waals surface area contributed by atoms with E-state index in [4.69, 9.17) is 4.74 Å². The lowest BCUT2D eigenvalue weighted by Crippen LogP contribution is -2.25. The number of carboxylic acids is 1. The summed E-state index contributed by atoms with van der Waals surface area (Å²) in [6, 6.07) is 14.0. The Morgan fingerprint density at radius 2 is 2.03 bits per heavy atom. The molecule has 1 atom stereocenters. The van der Waals surface area contributed by atoms with Crippen LogP contribution in [0.2, 0.25) is 0 Å². The number of para-hydroxylation sites is 2. The largest absolute Gasteiger partial charge is 0.495 e. The number of benzene rings is 2. The van der Waals surface area contributed by atoms with Crippen molar-refractivity contribution in [1.82, 2.24) is 9.78 Å². The van der Waals surface area contributed by atoms with Crippen LogP contribution in [-0.4, -0.2) is 33.9 Å². The number of nitrogens with zero attached hydrogens (tertiary/aromatic N) is 2. The molecule has 30 heavy (non-hydrogen) atoms. The maximum Gasteiger partial charge on any atom is 0.352 e. The van der Waals surface area contributed by atoms with E-state index in [1.54, 1.807) is 35.0 Å². The summed E-state index contributed by atoms with van der Waals surface area (Å²) in [7, 11) is 1.51. The van der Waals surface area contributed by atoms with Gasteiger partial charge in [-0.1, -0.05) is 40.2 Å². The van der Waals surface area contributed by atoms with Crippen molar-refractivity contribution < 1.29 is 19.4 Å². The molecule has 0 saturated carbocycles. The lowest BCUT2D eigenvalue weighted by Gasteiger charge is -2.24. The number of carbonyl (C=O) groups is 2. The third-order valence-corrected chi connectivity index (χ3v) is 5.15. The van der Waals surface area contributed by atoms with Gasteiger partial charge in [-0.2, -0.15) is 5.10 Å². The fourth-order valence-electron chi connectivity index (χ4n) is 3.25. The van der Waals surface area contributed by atoms with Crippen molar-refractivity contribution in [3.8, 4) is 5.75 Å². The molecule has 0 fully saturated rings. The molecule has 4 rings (SSSR count). The third kappa shape index (κ3) is 3.67. The Hall–Kier alpha value is -3.59. The van der Waals surface area contributed by atoms with Gasteiger partial charge in [0.15, 0.2) is 0 Å². The van der Waals surface area contributed by atoms with Gasteiger partial charge in [-0.3, -0.25) is 4.79 Å². The number of amides is 1. The Bertz CT molecular complexity index is 1170. The molecule has 0 bridgehead atoms. The van der Waals surface area contributed by atoms with Crippen LogP contribution in [-0.2, 0) is 4.79 Å². The minimum atomic E-state index is -1.13. The summed E-state index contributed by atoms with van der Waals surface area (Å²) >= 11 is 3.43. The highest BCUT2D eigenvalue weighted by molar-refractivity contribution is 9.10. The summed E-state index contributed by atoms with van der Waals surface area (Å²) in [5, 5.41) is 19.5. The Morgan fingerprint density at radius 3 is 2.77 bits per heavy atom. The van der Waals surface area contributed by atoms with Gasteiger partial charge in [0, 0.05) is 4.47 Å². The highest BCUT2D eigenvalue weighted by atomic mass is 79.9. The molecule has 0 spiro atoms. The van der Waals surface area contributed by atoms with Gasteiger partial charge < -0.3 is 20.5 Å². The van der Waals surface area contributed by atoms with Crippen molar-refractivity contribution in [3.63, 3.8) is 0 Å². The number of carboxylic acid groups (broad SMARTS) is 1. The zero-order valence-electron chi connectivity index (χ0n) is 15.8. The Labute approximate surface area is 180 Å². The van der Waals surface area contributed by atoms with Crippen molar-refractivity contribution in [2.75, 3.05) is 17.7 Å². The van der Waals surface area contributed by atoms with Crippen LogP contribution >= 0.6 is 15.9 Å². The van der Waals surface area contributed by atoms with Crippen molar-refractivity contribution in [2.45, 2.75) is 6.04 Å². The number of halogens is 1. The predicted molar refractivity (Wildman–Crippen MR) is 115 cm³/mol. The van der Waals surface area contributed by atoms with E-state index in [9.17, 15) is 14.7 Å². The number of aliphatic carboxylic acids is 1. The predicted octanol–water partition coefficient (Wildman–Crippen LogP) is 3.89. The van der Waals surface area contributed by atoms with E-state index >= 15 is 0 Å². The van der Waals surface area contributed by atoms with Crippen LogP contribution in [0.25, 0.3) is 0 Å². The highest BCUT2D eigenvalue weighted by Crippen LogP contribution is 2.34. The molecule has 0 aliphatic carbocycles. The number of hydrogen-bond donors (Lipinski definition) is 3. The molecule has 0 radical (unpaired) electrons. The maximum atomic E-state index is 13.0. The first-order valence-electron chi connectivity index (χ1n) is 8.97. The van der Waals surface area contributed by atoms with Gasteiger partial charge in [0.25, 0.3) is 5.91 Å². The normalized spacial score (nSPS) is 14.9. The lowest BCUT2D eigenvalue weighted by atomic mass is 10.0. The second kappa shape index (κ2) is 8.03. The molecule has 1 aliphatic heterocycles. The number of nitrogens with one attached hydrogen (secondary N) is 2. The number of aromatic nitrogens is 2. The Morgan fingerprint density at radius 1 is 1.23 bits per heavy atom. The van der Waals surface area contributed by atoms with Crippen LogP contribution in [0.5, 0.6) is 5.75 Å². The monoisotopic (exact) mass is 468 g/mol. The molecule has 0 unspecified atom stereocenters. The molecule has 1 aromatic heterocycles. The molecule has 9 heteroatoms. The van der Waals surface area contributed by atoms with E-state index in [-0.39, 0.29) is 11.3 Å². The third-order valence-electron chi connectivity index (χ3n) is 4.66. The summed E-state index contributed by atoms with van der Waals surface area (Å²) in [4.78, 5) is 24.7. The van der Waals surface area contributed by atoms with Crippen LogP contribution in [0, 0.1) is 0 Å². The van der Waals surface area contributed by atoms with Crippen LogP contribution in [0.4, 0.5) is 11.5 Å². The van der Waals surface area contributed by atoms with Gasteiger partial charge in [0.2, 0.25) is 0 Å². The molecule has 2 heterocycles. The van der Waals surface area contributed by atoms with E-state index in [1.165, 1.54) is 13.3 Å². The van der Waals surface area contributed by atoms with Crippen LogP contribution < -0.4 is 15.4 Å². The average molecular weight is 469 g/mol. The summed E-state index contributed by atoms with van der Waals surface area (Å²) in [6.07, 6.45) is 2.97. The highest BCUT2D eigenvalue weighted by Gasteiger charge is 2.29. The zero-order chi connectivity index (χ0) is 21.3. The fourth-order valence-corrected chi connectivity index (χ4v) is 3.67. The van der Waals surface area contributed by atoms with Crippen LogP contribution in [0.3, 0.4) is 0 Å². The number of carbonyl (C=O) groups excluding carboxylic acids is 1. The van der Waals surface area contributed by atoms with E-state index in [0.717, 1.165) is 10.0 Å². The first kappa shape index (κ1) is 19.7. The molecular weight excluding hydrogens is 452 g/mol. The van der Waals surface area contributed by atoms with Crippen LogP contribution in [0.15, 0.2) is 71.0 Å². The molecule has 1 amide bonds. The summed E-state index contributed by atoms with van der Waals surface area (Å²) < 4.78 is 7.71. The number of methoxy groups -OCH3 is 1. The number of allylic oxidation sites excluding steroid dienone is 1. The molecule has 3 aromatic rings. The maximum absolute atomic E-state index is 13.0. The van der Waals surface area contributed by atoms with Crippen molar-refractivity contribution in [2.24, 2.45) is 0 Å². The van der Waals surface area contributed by atoms with E-state index in [0.29, 0.717) is 17.3 Å². The number of fused-ring (bicyclic) bond motifs is 1. The minimum absolute atomic E-state index is 0.0284. The van der Waals surface area contributed by atoms with Crippen molar-refractivity contribution in [1.29, 1.82) is 0 Å². The first-order valence-corrected chi connectivity index (χ1v) is 9.76. The molecule has 152 valence electrons. The van der Waals surface area contributed by atoms with E-state index in [1.807, 2.05) is 24.3 Å². The molecule has 0 saturated heterocycles. The van der Waals surface area contributed by atoms with Gasteiger partial charge in [-0.15, -0.1) is 0 Å².